The van der Waals surface area contributed by atoms with Crippen molar-refractivity contribution in [1.29, 1.82) is 0 Å². The summed E-state index contributed by atoms with van der Waals surface area (Å²) in [6, 6.07) is 4.44. The number of aryl methyl sites for hydroxylation is 3. The first-order valence-corrected chi connectivity index (χ1v) is 5.89. The van der Waals surface area contributed by atoms with Crippen molar-refractivity contribution in [2.75, 3.05) is 0 Å². The van der Waals surface area contributed by atoms with E-state index in [1.165, 1.54) is 21.6 Å². The van der Waals surface area contributed by atoms with Crippen LogP contribution in [-0.2, 0) is 0 Å². The monoisotopic (exact) mass is 184 g/mol. The Hall–Kier alpha value is -0.0000000000000000555. The second kappa shape index (κ2) is 3.60. The van der Waals surface area contributed by atoms with E-state index >= 15 is 0 Å². The summed E-state index contributed by atoms with van der Waals surface area (Å²) in [6.07, 6.45) is 0. The highest BCUT2D eigenvalue weighted by Crippen LogP contribution is 2.31. The first kappa shape index (κ1) is 9.09. The fourth-order valence-electron chi connectivity index (χ4n) is 1.35. The summed E-state index contributed by atoms with van der Waals surface area (Å²) in [4.78, 5) is 1.39. The Morgan fingerprint density at radius 3 is 1.91 bits per heavy atom. The number of hydrogen-bond donors (Lipinski definition) is 0. The molecule has 0 radical (unpaired) electrons. The molecule has 0 aliphatic carbocycles. The highest BCUT2D eigenvalue weighted by molar-refractivity contribution is 8.43. The summed E-state index contributed by atoms with van der Waals surface area (Å²) in [5.74, 6) is 0. The smallest absolute Gasteiger partial charge is 0.0169 e. The Bertz CT molecular complexity index is 245. The Balaban J connectivity index is 3.25. The van der Waals surface area contributed by atoms with Gasteiger partial charge in [-0.25, -0.2) is 0 Å². The van der Waals surface area contributed by atoms with Crippen LogP contribution in [0.15, 0.2) is 17.0 Å². The zero-order valence-corrected chi connectivity index (χ0v) is 9.11. The van der Waals surface area contributed by atoms with Gasteiger partial charge in [0, 0.05) is 4.90 Å². The van der Waals surface area contributed by atoms with Crippen LogP contribution in [0.2, 0.25) is 0 Å². The predicted octanol–water partition coefficient (Wildman–Crippen LogP) is 3.49. The van der Waals surface area contributed by atoms with Crippen molar-refractivity contribution in [3.63, 3.8) is 0 Å². The zero-order valence-electron chi connectivity index (χ0n) is 7.14. The molecule has 0 N–H and O–H groups in total. The van der Waals surface area contributed by atoms with Crippen LogP contribution >= 0.6 is 19.8 Å². The van der Waals surface area contributed by atoms with E-state index in [2.05, 4.69) is 41.3 Å². The Morgan fingerprint density at radius 1 is 1.09 bits per heavy atom. The quantitative estimate of drug-likeness (QED) is 0.602. The molecule has 0 fully saturated rings. The van der Waals surface area contributed by atoms with Crippen molar-refractivity contribution in [3.8, 4) is 0 Å². The lowest BCUT2D eigenvalue weighted by Gasteiger charge is -2.07. The van der Waals surface area contributed by atoms with E-state index in [4.69, 9.17) is 0 Å². The summed E-state index contributed by atoms with van der Waals surface area (Å²) >= 11 is 1.75. The molecule has 0 nitrogen and oxygen atoms in total. The van der Waals surface area contributed by atoms with Gasteiger partial charge in [0.2, 0.25) is 0 Å². The van der Waals surface area contributed by atoms with E-state index in [-0.39, 0.29) is 0 Å². The molecular weight excluding hydrogens is 171 g/mol. The molecule has 1 unspecified atom stereocenters. The van der Waals surface area contributed by atoms with Gasteiger partial charge in [-0.3, -0.25) is 0 Å². The molecule has 1 rings (SSSR count). The van der Waals surface area contributed by atoms with Gasteiger partial charge in [0.05, 0.1) is 0 Å². The molecular formula is C9H13PS. The second-order valence-corrected chi connectivity index (χ2v) is 4.20. The third-order valence-electron chi connectivity index (χ3n) is 1.72. The van der Waals surface area contributed by atoms with Gasteiger partial charge >= 0.3 is 0 Å². The zero-order chi connectivity index (χ0) is 8.43. The van der Waals surface area contributed by atoms with Crippen molar-refractivity contribution < 1.29 is 0 Å². The standard InChI is InChI=1S/C9H13PS/c1-6-4-7(2)9(11-10)8(3)5-6/h4-5H,10H2,1-3H3. The first-order chi connectivity index (χ1) is 5.15. The number of benzene rings is 1. The maximum atomic E-state index is 2.69. The van der Waals surface area contributed by atoms with Crippen molar-refractivity contribution in [3.05, 3.63) is 28.8 Å². The van der Waals surface area contributed by atoms with Crippen LogP contribution in [0.5, 0.6) is 0 Å². The van der Waals surface area contributed by atoms with Crippen LogP contribution in [0.3, 0.4) is 0 Å². The second-order valence-electron chi connectivity index (χ2n) is 2.85. The van der Waals surface area contributed by atoms with Crippen molar-refractivity contribution in [2.24, 2.45) is 0 Å². The Morgan fingerprint density at radius 2 is 1.55 bits per heavy atom. The first-order valence-electron chi connectivity index (χ1n) is 3.59. The van der Waals surface area contributed by atoms with E-state index < -0.39 is 0 Å². The predicted molar refractivity (Wildman–Crippen MR) is 56.2 cm³/mol. The molecule has 1 aromatic carbocycles. The minimum Gasteiger partial charge on any atom is -0.105 e. The lowest BCUT2D eigenvalue weighted by molar-refractivity contribution is 1.19. The molecule has 0 amide bonds. The lowest BCUT2D eigenvalue weighted by Crippen LogP contribution is -1.84. The third kappa shape index (κ3) is 1.98. The van der Waals surface area contributed by atoms with E-state index in [9.17, 15) is 0 Å². The molecule has 0 aliphatic heterocycles. The van der Waals surface area contributed by atoms with Gasteiger partial charge in [0.1, 0.15) is 0 Å². The van der Waals surface area contributed by atoms with Crippen LogP contribution in [0.4, 0.5) is 0 Å². The molecule has 0 saturated carbocycles. The normalized spacial score (nSPS) is 10.2. The average Bonchev–Trinajstić information content (AvgIpc) is 1.85. The van der Waals surface area contributed by atoms with Gasteiger partial charge in [-0.15, -0.1) is 11.4 Å². The molecule has 0 bridgehead atoms. The molecule has 0 heterocycles. The molecule has 2 heteroatoms. The lowest BCUT2D eigenvalue weighted by atomic mass is 10.1. The summed E-state index contributed by atoms with van der Waals surface area (Å²) in [7, 11) is 2.69. The van der Waals surface area contributed by atoms with Crippen LogP contribution in [-0.4, -0.2) is 0 Å². The van der Waals surface area contributed by atoms with E-state index in [1.54, 1.807) is 11.4 Å². The fourth-order valence-corrected chi connectivity index (χ4v) is 2.96. The van der Waals surface area contributed by atoms with Gasteiger partial charge < -0.3 is 0 Å². The summed E-state index contributed by atoms with van der Waals surface area (Å²) in [5, 5.41) is 0. The van der Waals surface area contributed by atoms with E-state index in [0.717, 1.165) is 0 Å². The molecule has 0 aromatic heterocycles. The fraction of sp³-hybridized carbons (Fsp3) is 0.333. The van der Waals surface area contributed by atoms with Gasteiger partial charge in [-0.05, 0) is 31.9 Å². The topological polar surface area (TPSA) is 0 Å². The molecule has 0 spiro atoms. The molecule has 1 aromatic rings. The largest absolute Gasteiger partial charge is 0.105 e. The van der Waals surface area contributed by atoms with Crippen LogP contribution in [0.1, 0.15) is 16.7 Å². The molecule has 0 saturated heterocycles. The highest BCUT2D eigenvalue weighted by Gasteiger charge is 2.00. The Labute approximate surface area is 74.7 Å². The van der Waals surface area contributed by atoms with Crippen LogP contribution < -0.4 is 0 Å². The summed E-state index contributed by atoms with van der Waals surface area (Å²) < 4.78 is 0. The number of hydrogen-bond acceptors (Lipinski definition) is 1. The molecule has 0 aliphatic rings. The van der Waals surface area contributed by atoms with Gasteiger partial charge in [-0.2, -0.15) is 0 Å². The van der Waals surface area contributed by atoms with Gasteiger partial charge in [0.25, 0.3) is 0 Å². The van der Waals surface area contributed by atoms with Gasteiger partial charge in [-0.1, -0.05) is 26.1 Å². The summed E-state index contributed by atoms with van der Waals surface area (Å²) in [5.41, 5.74) is 4.10. The molecule has 60 valence electrons. The minimum atomic E-state index is 1.35. The molecule has 11 heavy (non-hydrogen) atoms. The molecule has 1 atom stereocenters. The van der Waals surface area contributed by atoms with Crippen molar-refractivity contribution >= 4 is 19.8 Å². The minimum absolute atomic E-state index is 1.35. The van der Waals surface area contributed by atoms with Crippen LogP contribution in [0.25, 0.3) is 0 Å². The van der Waals surface area contributed by atoms with Crippen LogP contribution in [0, 0.1) is 20.8 Å². The maximum Gasteiger partial charge on any atom is 0.0169 e. The Kier molecular flexibility index (Phi) is 2.98. The highest BCUT2D eigenvalue weighted by atomic mass is 32.7. The van der Waals surface area contributed by atoms with Crippen molar-refractivity contribution in [2.45, 2.75) is 25.7 Å². The third-order valence-corrected chi connectivity index (χ3v) is 3.31. The SMILES string of the molecule is Cc1cc(C)c(SP)c(C)c1. The van der Waals surface area contributed by atoms with E-state index in [0.29, 0.717) is 0 Å². The average molecular weight is 184 g/mol. The van der Waals surface area contributed by atoms with E-state index in [1.807, 2.05) is 0 Å². The maximum absolute atomic E-state index is 2.69. The van der Waals surface area contributed by atoms with Gasteiger partial charge in [0.15, 0.2) is 0 Å². The summed E-state index contributed by atoms with van der Waals surface area (Å²) in [6.45, 7) is 6.45. The van der Waals surface area contributed by atoms with Crippen molar-refractivity contribution in [1.82, 2.24) is 0 Å². The number of rotatable bonds is 1.